The van der Waals surface area contributed by atoms with Crippen molar-refractivity contribution < 1.29 is 5.11 Å². The summed E-state index contributed by atoms with van der Waals surface area (Å²) in [5, 5.41) is 10.4. The lowest BCUT2D eigenvalue weighted by Crippen LogP contribution is -2.40. The van der Waals surface area contributed by atoms with Crippen LogP contribution in [0.3, 0.4) is 0 Å². The number of hydrogen-bond donors (Lipinski definition) is 1. The van der Waals surface area contributed by atoms with E-state index in [-0.39, 0.29) is 11.7 Å². The van der Waals surface area contributed by atoms with Crippen molar-refractivity contribution >= 4 is 21.6 Å². The van der Waals surface area contributed by atoms with Crippen molar-refractivity contribution in [2.75, 3.05) is 19.6 Å². The van der Waals surface area contributed by atoms with Gasteiger partial charge in [0.05, 0.1) is 17.8 Å². The Hall–Kier alpha value is -1.24. The number of nitrogens with zero attached hydrogens (tertiary/aromatic N) is 3. The monoisotopic (exact) mass is 307 g/mol. The molecule has 0 spiro atoms. The van der Waals surface area contributed by atoms with Crippen LogP contribution >= 0.6 is 11.3 Å². The van der Waals surface area contributed by atoms with E-state index < -0.39 is 0 Å². The fourth-order valence-electron chi connectivity index (χ4n) is 2.83. The lowest BCUT2D eigenvalue weighted by molar-refractivity contribution is 0.0687. The summed E-state index contributed by atoms with van der Waals surface area (Å²) in [5.41, 5.74) is 0.0495. The molecule has 0 aliphatic carbocycles. The number of aromatic nitrogens is 2. The fraction of sp³-hybridized carbons (Fsp3) is 0.600. The normalized spacial score (nSPS) is 20.2. The first-order valence-corrected chi connectivity index (χ1v) is 8.37. The van der Waals surface area contributed by atoms with Gasteiger partial charge in [-0.3, -0.25) is 14.3 Å². The van der Waals surface area contributed by atoms with Crippen LogP contribution in [0.4, 0.5) is 0 Å². The van der Waals surface area contributed by atoms with Crippen LogP contribution in [-0.4, -0.2) is 45.3 Å². The summed E-state index contributed by atoms with van der Waals surface area (Å²) >= 11 is 1.60. The number of aryl methyl sites for hydroxylation is 1. The van der Waals surface area contributed by atoms with Crippen LogP contribution in [0.25, 0.3) is 10.2 Å². The third kappa shape index (κ3) is 3.17. The third-order valence-electron chi connectivity index (χ3n) is 4.06. The number of β-amino-alcohol motifs (C(OH)–C–C–N with tert-alkyl or cyclic N) is 1. The zero-order chi connectivity index (χ0) is 14.8. The van der Waals surface area contributed by atoms with E-state index >= 15 is 0 Å². The Morgan fingerprint density at radius 3 is 3.10 bits per heavy atom. The van der Waals surface area contributed by atoms with E-state index in [4.69, 9.17) is 0 Å². The second-order valence-electron chi connectivity index (χ2n) is 5.62. The zero-order valence-corrected chi connectivity index (χ0v) is 13.1. The first-order valence-electron chi connectivity index (χ1n) is 7.55. The topological polar surface area (TPSA) is 58.4 Å². The quantitative estimate of drug-likeness (QED) is 0.929. The zero-order valence-electron chi connectivity index (χ0n) is 12.3. The van der Waals surface area contributed by atoms with E-state index in [0.717, 1.165) is 42.6 Å². The van der Waals surface area contributed by atoms with Gasteiger partial charge in [-0.1, -0.05) is 6.92 Å². The number of aliphatic hydroxyl groups is 1. The van der Waals surface area contributed by atoms with Gasteiger partial charge in [-0.15, -0.1) is 11.3 Å². The summed E-state index contributed by atoms with van der Waals surface area (Å²) < 4.78 is 1.69. The van der Waals surface area contributed by atoms with Crippen LogP contribution in [0.5, 0.6) is 0 Å². The first-order chi connectivity index (χ1) is 10.2. The van der Waals surface area contributed by atoms with Gasteiger partial charge >= 0.3 is 0 Å². The molecule has 114 valence electrons. The largest absolute Gasteiger partial charge is 0.392 e. The number of hydrogen-bond acceptors (Lipinski definition) is 5. The van der Waals surface area contributed by atoms with Crippen molar-refractivity contribution in [1.29, 1.82) is 0 Å². The summed E-state index contributed by atoms with van der Waals surface area (Å²) in [6, 6.07) is 1.97. The Morgan fingerprint density at radius 1 is 1.48 bits per heavy atom. The Morgan fingerprint density at radius 2 is 2.33 bits per heavy atom. The lowest BCUT2D eigenvalue weighted by atomic mass is 10.1. The number of fused-ring (bicyclic) bond motifs is 1. The average molecular weight is 307 g/mol. The number of thiophene rings is 1. The minimum Gasteiger partial charge on any atom is -0.392 e. The standard InChI is InChI=1S/C15H21N3O2S/c1-2-12-8-13-14(21-12)16-10-18(15(13)20)7-6-17-5-3-4-11(19)9-17/h8,10-11,19H,2-7,9H2,1H3/t11-/m0/s1. The maximum atomic E-state index is 12.5. The van der Waals surface area contributed by atoms with E-state index in [0.29, 0.717) is 13.1 Å². The number of likely N-dealkylation sites (tertiary alicyclic amines) is 1. The van der Waals surface area contributed by atoms with Gasteiger partial charge in [0.2, 0.25) is 0 Å². The summed E-state index contributed by atoms with van der Waals surface area (Å²) in [6.45, 7) is 5.22. The highest BCUT2D eigenvalue weighted by Crippen LogP contribution is 2.21. The Balaban J connectivity index is 1.74. The van der Waals surface area contributed by atoms with Crippen LogP contribution in [0, 0.1) is 0 Å². The highest BCUT2D eigenvalue weighted by atomic mass is 32.1. The molecule has 2 aromatic heterocycles. The van der Waals surface area contributed by atoms with E-state index in [1.54, 1.807) is 22.2 Å². The average Bonchev–Trinajstić information content (AvgIpc) is 2.91. The van der Waals surface area contributed by atoms with Gasteiger partial charge in [0.25, 0.3) is 5.56 Å². The van der Waals surface area contributed by atoms with Gasteiger partial charge < -0.3 is 5.11 Å². The second-order valence-corrected chi connectivity index (χ2v) is 6.74. The van der Waals surface area contributed by atoms with E-state index in [1.807, 2.05) is 6.07 Å². The molecule has 0 unspecified atom stereocenters. The molecular weight excluding hydrogens is 286 g/mol. The fourth-order valence-corrected chi connectivity index (χ4v) is 3.75. The van der Waals surface area contributed by atoms with Crippen LogP contribution in [0.2, 0.25) is 0 Å². The minimum atomic E-state index is -0.222. The van der Waals surface area contributed by atoms with Gasteiger partial charge in [0.1, 0.15) is 4.83 Å². The van der Waals surface area contributed by atoms with Gasteiger partial charge in [-0.2, -0.15) is 0 Å². The molecule has 1 N–H and O–H groups in total. The molecule has 1 aliphatic heterocycles. The highest BCUT2D eigenvalue weighted by molar-refractivity contribution is 7.18. The van der Waals surface area contributed by atoms with Crippen LogP contribution in [0.15, 0.2) is 17.2 Å². The second kappa shape index (κ2) is 6.25. The maximum Gasteiger partial charge on any atom is 0.262 e. The molecule has 6 heteroatoms. The van der Waals surface area contributed by atoms with Gasteiger partial charge in [0.15, 0.2) is 0 Å². The molecule has 1 aliphatic rings. The number of piperidine rings is 1. The van der Waals surface area contributed by atoms with Crippen molar-refractivity contribution in [2.24, 2.45) is 0 Å². The molecule has 0 radical (unpaired) electrons. The molecule has 3 rings (SSSR count). The summed E-state index contributed by atoms with van der Waals surface area (Å²) in [6.07, 6.45) is 4.28. The van der Waals surface area contributed by atoms with Crippen molar-refractivity contribution in [1.82, 2.24) is 14.5 Å². The van der Waals surface area contributed by atoms with Crippen LogP contribution in [-0.2, 0) is 13.0 Å². The number of aliphatic hydroxyl groups excluding tert-OH is 1. The molecule has 0 bridgehead atoms. The smallest absolute Gasteiger partial charge is 0.262 e. The molecule has 5 nitrogen and oxygen atoms in total. The molecule has 2 aromatic rings. The Kier molecular flexibility index (Phi) is 4.37. The molecule has 0 aromatic carbocycles. The molecule has 1 atom stereocenters. The van der Waals surface area contributed by atoms with Crippen LogP contribution < -0.4 is 5.56 Å². The molecule has 0 saturated carbocycles. The van der Waals surface area contributed by atoms with E-state index in [9.17, 15) is 9.90 Å². The van der Waals surface area contributed by atoms with E-state index in [1.165, 1.54) is 4.88 Å². The highest BCUT2D eigenvalue weighted by Gasteiger charge is 2.17. The van der Waals surface area contributed by atoms with Crippen molar-refractivity contribution in [3.8, 4) is 0 Å². The Labute approximate surface area is 127 Å². The SMILES string of the molecule is CCc1cc2c(=O)n(CCN3CCC[C@H](O)C3)cnc2s1. The predicted octanol–water partition coefficient (Wildman–Crippen LogP) is 1.48. The van der Waals surface area contributed by atoms with Gasteiger partial charge in [-0.25, -0.2) is 4.98 Å². The first kappa shape index (κ1) is 14.7. The third-order valence-corrected chi connectivity index (χ3v) is 5.24. The summed E-state index contributed by atoms with van der Waals surface area (Å²) in [7, 11) is 0. The molecule has 3 heterocycles. The minimum absolute atomic E-state index is 0.0495. The Bertz CT molecular complexity index is 679. The lowest BCUT2D eigenvalue weighted by Gasteiger charge is -2.29. The van der Waals surface area contributed by atoms with Gasteiger partial charge in [-0.05, 0) is 31.9 Å². The number of rotatable bonds is 4. The van der Waals surface area contributed by atoms with Crippen molar-refractivity contribution in [3.05, 3.63) is 27.6 Å². The summed E-state index contributed by atoms with van der Waals surface area (Å²) in [4.78, 5) is 21.1. The van der Waals surface area contributed by atoms with E-state index in [2.05, 4.69) is 16.8 Å². The van der Waals surface area contributed by atoms with Crippen molar-refractivity contribution in [3.63, 3.8) is 0 Å². The van der Waals surface area contributed by atoms with Gasteiger partial charge in [0, 0.05) is 24.5 Å². The van der Waals surface area contributed by atoms with Crippen LogP contribution in [0.1, 0.15) is 24.6 Å². The predicted molar refractivity (Wildman–Crippen MR) is 84.9 cm³/mol. The molecule has 1 fully saturated rings. The summed E-state index contributed by atoms with van der Waals surface area (Å²) in [5.74, 6) is 0. The molecule has 1 saturated heterocycles. The maximum absolute atomic E-state index is 12.5. The van der Waals surface area contributed by atoms with Crippen molar-refractivity contribution in [2.45, 2.75) is 38.8 Å². The molecule has 0 amide bonds. The molecular formula is C15H21N3O2S. The molecule has 21 heavy (non-hydrogen) atoms.